The molecule has 3 N–H and O–H groups in total. The van der Waals surface area contributed by atoms with Crippen molar-refractivity contribution in [2.45, 2.75) is 12.8 Å². The monoisotopic (exact) mass is 423 g/mol. The maximum absolute atomic E-state index is 11.2. The van der Waals surface area contributed by atoms with E-state index in [0.29, 0.717) is 12.2 Å². The van der Waals surface area contributed by atoms with Crippen LogP contribution in [-0.4, -0.2) is 38.6 Å². The molecular formula is C22H21N3O6. The summed E-state index contributed by atoms with van der Waals surface area (Å²) in [7, 11) is 0. The van der Waals surface area contributed by atoms with Gasteiger partial charge in [-0.2, -0.15) is 0 Å². The number of hydrogen-bond donors (Lipinski definition) is 3. The van der Waals surface area contributed by atoms with Crippen LogP contribution in [-0.2, 0) is 6.42 Å². The smallest absolute Gasteiger partial charge is 0.338 e. The largest absolute Gasteiger partial charge is 0.478 e. The number of carboxylic acids is 2. The lowest BCUT2D eigenvalue weighted by molar-refractivity contribution is -0.384. The minimum Gasteiger partial charge on any atom is -0.478 e. The van der Waals surface area contributed by atoms with Crippen molar-refractivity contribution in [1.29, 1.82) is 0 Å². The summed E-state index contributed by atoms with van der Waals surface area (Å²) in [6.07, 6.45) is 4.61. The zero-order valence-corrected chi connectivity index (χ0v) is 16.5. The van der Waals surface area contributed by atoms with Gasteiger partial charge in [0.15, 0.2) is 0 Å². The molecule has 0 unspecified atom stereocenters. The molecule has 2 aromatic carbocycles. The Hall–Kier alpha value is -4.27. The van der Waals surface area contributed by atoms with E-state index in [4.69, 9.17) is 10.2 Å². The third-order valence-electron chi connectivity index (χ3n) is 4.17. The van der Waals surface area contributed by atoms with E-state index in [1.807, 2.05) is 30.3 Å². The highest BCUT2D eigenvalue weighted by Crippen LogP contribution is 2.22. The number of aromatic carboxylic acids is 2. The molecule has 0 aliphatic rings. The third kappa shape index (κ3) is 7.58. The molecule has 1 aromatic heterocycles. The molecule has 9 heteroatoms. The summed E-state index contributed by atoms with van der Waals surface area (Å²) in [6.45, 7) is 0.590. The molecule has 0 fully saturated rings. The van der Waals surface area contributed by atoms with E-state index in [1.54, 1.807) is 0 Å². The standard InChI is InChI=1S/C16H16N2O4.C6H5NO2/c19-16(20)14-11-13(18(21)22)8-9-15(14)17-10-4-7-12-5-2-1-3-6-12;8-6(9)5-1-3-7-4-2-5/h1-3,5-6,8-9,11,17H,4,7,10H2,(H,19,20);1-4H,(H,8,9). The molecule has 0 aliphatic heterocycles. The van der Waals surface area contributed by atoms with Crippen LogP contribution >= 0.6 is 0 Å². The van der Waals surface area contributed by atoms with Crippen molar-refractivity contribution in [1.82, 2.24) is 4.98 Å². The van der Waals surface area contributed by atoms with E-state index >= 15 is 0 Å². The second kappa shape index (κ2) is 11.7. The van der Waals surface area contributed by atoms with Crippen molar-refractivity contribution in [3.8, 4) is 0 Å². The average Bonchev–Trinajstić information content (AvgIpc) is 2.78. The Bertz CT molecular complexity index is 1030. The molecule has 0 aliphatic carbocycles. The fraction of sp³-hybridized carbons (Fsp3) is 0.136. The fourth-order valence-electron chi connectivity index (χ4n) is 2.63. The van der Waals surface area contributed by atoms with E-state index in [2.05, 4.69) is 10.3 Å². The van der Waals surface area contributed by atoms with Gasteiger partial charge >= 0.3 is 11.9 Å². The van der Waals surface area contributed by atoms with Gasteiger partial charge in [-0.25, -0.2) is 9.59 Å². The molecule has 0 radical (unpaired) electrons. The number of nitro groups is 1. The maximum atomic E-state index is 11.2. The van der Waals surface area contributed by atoms with Crippen LogP contribution in [0.5, 0.6) is 0 Å². The summed E-state index contributed by atoms with van der Waals surface area (Å²) in [4.78, 5) is 35.1. The molecule has 31 heavy (non-hydrogen) atoms. The van der Waals surface area contributed by atoms with E-state index < -0.39 is 16.9 Å². The molecule has 0 spiro atoms. The number of nitrogens with one attached hydrogen (secondary N) is 1. The molecule has 0 amide bonds. The number of nitrogens with zero attached hydrogens (tertiary/aromatic N) is 2. The molecule has 9 nitrogen and oxygen atoms in total. The molecule has 1 heterocycles. The number of rotatable bonds is 8. The first-order valence-corrected chi connectivity index (χ1v) is 9.31. The van der Waals surface area contributed by atoms with E-state index in [9.17, 15) is 19.7 Å². The van der Waals surface area contributed by atoms with E-state index in [1.165, 1.54) is 42.2 Å². The van der Waals surface area contributed by atoms with Crippen LogP contribution in [0.1, 0.15) is 32.7 Å². The molecule has 0 saturated carbocycles. The highest BCUT2D eigenvalue weighted by atomic mass is 16.6. The van der Waals surface area contributed by atoms with Crippen molar-refractivity contribution in [3.05, 3.63) is 99.9 Å². The number of anilines is 1. The highest BCUT2D eigenvalue weighted by molar-refractivity contribution is 5.95. The van der Waals surface area contributed by atoms with Crippen molar-refractivity contribution >= 4 is 23.3 Å². The number of aryl methyl sites for hydroxylation is 1. The lowest BCUT2D eigenvalue weighted by Crippen LogP contribution is -2.09. The lowest BCUT2D eigenvalue weighted by Gasteiger charge is -2.09. The van der Waals surface area contributed by atoms with Crippen LogP contribution in [0.2, 0.25) is 0 Å². The highest BCUT2D eigenvalue weighted by Gasteiger charge is 2.15. The second-order valence-corrected chi connectivity index (χ2v) is 6.35. The number of benzene rings is 2. The molecular weight excluding hydrogens is 402 g/mol. The van der Waals surface area contributed by atoms with Crippen LogP contribution in [0.3, 0.4) is 0 Å². The summed E-state index contributed by atoms with van der Waals surface area (Å²) in [5, 5.41) is 31.2. The van der Waals surface area contributed by atoms with Gasteiger partial charge in [0.25, 0.3) is 5.69 Å². The average molecular weight is 423 g/mol. The summed E-state index contributed by atoms with van der Waals surface area (Å²) in [6, 6.07) is 16.7. The number of pyridine rings is 1. The summed E-state index contributed by atoms with van der Waals surface area (Å²) in [5.74, 6) is -2.10. The SMILES string of the molecule is O=C(O)c1cc([N+](=O)[O-])ccc1NCCCc1ccccc1.O=C(O)c1ccncc1. The Labute approximate surface area is 178 Å². The van der Waals surface area contributed by atoms with Gasteiger partial charge in [0.05, 0.1) is 16.1 Å². The number of nitro benzene ring substituents is 1. The van der Waals surface area contributed by atoms with Gasteiger partial charge < -0.3 is 15.5 Å². The van der Waals surface area contributed by atoms with Crippen LogP contribution in [0.4, 0.5) is 11.4 Å². The maximum Gasteiger partial charge on any atom is 0.338 e. The van der Waals surface area contributed by atoms with Crippen LogP contribution in [0.15, 0.2) is 73.1 Å². The number of non-ortho nitro benzene ring substituents is 1. The van der Waals surface area contributed by atoms with E-state index in [-0.39, 0.29) is 16.8 Å². The number of hydrogen-bond acceptors (Lipinski definition) is 6. The van der Waals surface area contributed by atoms with Crippen molar-refractivity contribution < 1.29 is 24.7 Å². The first-order valence-electron chi connectivity index (χ1n) is 9.31. The van der Waals surface area contributed by atoms with Crippen LogP contribution in [0, 0.1) is 10.1 Å². The Morgan fingerprint density at radius 1 is 0.968 bits per heavy atom. The van der Waals surface area contributed by atoms with Crippen LogP contribution in [0.25, 0.3) is 0 Å². The summed E-state index contributed by atoms with van der Waals surface area (Å²) < 4.78 is 0. The zero-order valence-electron chi connectivity index (χ0n) is 16.5. The summed E-state index contributed by atoms with van der Waals surface area (Å²) in [5.41, 5.74) is 1.56. The number of carboxylic acid groups (broad SMARTS) is 2. The first kappa shape index (κ1) is 23.0. The second-order valence-electron chi connectivity index (χ2n) is 6.35. The Morgan fingerprint density at radius 3 is 2.19 bits per heavy atom. The zero-order chi connectivity index (χ0) is 22.6. The van der Waals surface area contributed by atoms with Crippen molar-refractivity contribution in [2.24, 2.45) is 0 Å². The Balaban J connectivity index is 0.000000316. The quantitative estimate of drug-likeness (QED) is 0.279. The van der Waals surface area contributed by atoms with Gasteiger partial charge in [-0.1, -0.05) is 30.3 Å². The normalized spacial score (nSPS) is 9.81. The molecule has 0 atom stereocenters. The van der Waals surface area contributed by atoms with Gasteiger partial charge in [-0.3, -0.25) is 15.1 Å². The van der Waals surface area contributed by atoms with Gasteiger partial charge in [0.2, 0.25) is 0 Å². The van der Waals surface area contributed by atoms with E-state index in [0.717, 1.165) is 18.9 Å². The predicted molar refractivity (Wildman–Crippen MR) is 115 cm³/mol. The Kier molecular flexibility index (Phi) is 8.66. The first-order chi connectivity index (χ1) is 14.9. The number of aromatic nitrogens is 1. The topological polar surface area (TPSA) is 143 Å². The molecule has 0 saturated heterocycles. The third-order valence-corrected chi connectivity index (χ3v) is 4.17. The molecule has 3 aromatic rings. The molecule has 160 valence electrons. The molecule has 0 bridgehead atoms. The van der Waals surface area contributed by atoms with Gasteiger partial charge in [0.1, 0.15) is 0 Å². The van der Waals surface area contributed by atoms with Gasteiger partial charge in [-0.05, 0) is 36.6 Å². The van der Waals surface area contributed by atoms with Crippen molar-refractivity contribution in [3.63, 3.8) is 0 Å². The molecule has 3 rings (SSSR count). The Morgan fingerprint density at radius 2 is 1.65 bits per heavy atom. The minimum absolute atomic E-state index is 0.0890. The minimum atomic E-state index is -1.19. The van der Waals surface area contributed by atoms with Crippen LogP contribution < -0.4 is 5.32 Å². The fourth-order valence-corrected chi connectivity index (χ4v) is 2.63. The lowest BCUT2D eigenvalue weighted by atomic mass is 10.1. The van der Waals surface area contributed by atoms with Gasteiger partial charge in [0, 0.05) is 36.8 Å². The summed E-state index contributed by atoms with van der Waals surface area (Å²) >= 11 is 0. The number of carbonyl (C=O) groups is 2. The van der Waals surface area contributed by atoms with Gasteiger partial charge in [-0.15, -0.1) is 0 Å². The predicted octanol–water partition coefficient (Wildman–Crippen LogP) is 4.12. The van der Waals surface area contributed by atoms with Crippen molar-refractivity contribution in [2.75, 3.05) is 11.9 Å².